The number of halogens is 2. The topological polar surface area (TPSA) is 61.3 Å². The minimum Gasteiger partial charge on any atom is -0.466 e. The Balaban J connectivity index is 1.90. The molecule has 21 heavy (non-hydrogen) atoms. The summed E-state index contributed by atoms with van der Waals surface area (Å²) in [5, 5.41) is 0.236. The Labute approximate surface area is 134 Å². The number of nitrogens with zero attached hydrogens (tertiary/aromatic N) is 2. The smallest absolute Gasteiger partial charge is 0.350 e. The van der Waals surface area contributed by atoms with Crippen molar-refractivity contribution in [2.75, 3.05) is 7.11 Å². The molecule has 0 saturated heterocycles. The van der Waals surface area contributed by atoms with E-state index >= 15 is 0 Å². The summed E-state index contributed by atoms with van der Waals surface area (Å²) in [4.78, 5) is 20.9. The van der Waals surface area contributed by atoms with Gasteiger partial charge >= 0.3 is 5.97 Å². The maximum absolute atomic E-state index is 11.7. The number of hydrogen-bond donors (Lipinski definition) is 0. The van der Waals surface area contributed by atoms with Crippen molar-refractivity contribution in [2.24, 2.45) is 0 Å². The van der Waals surface area contributed by atoms with Gasteiger partial charge in [0.1, 0.15) is 5.15 Å². The SMILES string of the molecule is COC(=O)C1(Oc2cc(Cl)nc(-c3ccc(Cl)s3)n2)CC1. The van der Waals surface area contributed by atoms with Crippen molar-refractivity contribution in [3.05, 3.63) is 27.7 Å². The average molecular weight is 345 g/mol. The Kier molecular flexibility index (Phi) is 3.77. The third-order valence-corrected chi connectivity index (χ3v) is 4.45. The van der Waals surface area contributed by atoms with Gasteiger partial charge in [0.15, 0.2) is 5.82 Å². The minimum atomic E-state index is -0.934. The number of ether oxygens (including phenoxy) is 2. The Morgan fingerprint density at radius 3 is 2.67 bits per heavy atom. The molecule has 110 valence electrons. The Bertz CT molecular complexity index is 700. The summed E-state index contributed by atoms with van der Waals surface area (Å²) in [6.45, 7) is 0. The van der Waals surface area contributed by atoms with Gasteiger partial charge in [-0.1, -0.05) is 23.2 Å². The molecule has 3 rings (SSSR count). The Morgan fingerprint density at radius 1 is 1.33 bits per heavy atom. The molecule has 0 bridgehead atoms. The number of rotatable bonds is 4. The molecule has 1 aliphatic rings. The van der Waals surface area contributed by atoms with Crippen molar-refractivity contribution in [3.63, 3.8) is 0 Å². The van der Waals surface area contributed by atoms with E-state index in [1.54, 1.807) is 12.1 Å². The zero-order valence-electron chi connectivity index (χ0n) is 10.9. The number of carbonyl (C=O) groups excluding carboxylic acids is 1. The Hall–Kier alpha value is -1.37. The van der Waals surface area contributed by atoms with E-state index in [0.717, 1.165) is 4.88 Å². The van der Waals surface area contributed by atoms with E-state index in [0.29, 0.717) is 23.0 Å². The fraction of sp³-hybridized carbons (Fsp3) is 0.308. The van der Waals surface area contributed by atoms with E-state index in [9.17, 15) is 4.79 Å². The summed E-state index contributed by atoms with van der Waals surface area (Å²) in [7, 11) is 1.33. The van der Waals surface area contributed by atoms with Gasteiger partial charge in [-0.2, -0.15) is 4.98 Å². The summed E-state index contributed by atoms with van der Waals surface area (Å²) in [5.41, 5.74) is -0.934. The van der Waals surface area contributed by atoms with E-state index < -0.39 is 11.6 Å². The summed E-state index contributed by atoms with van der Waals surface area (Å²) >= 11 is 13.2. The first kappa shape index (κ1) is 14.6. The quantitative estimate of drug-likeness (QED) is 0.626. The molecule has 0 aromatic carbocycles. The van der Waals surface area contributed by atoms with Crippen LogP contribution in [0.4, 0.5) is 0 Å². The molecular formula is C13H10Cl2N2O3S. The predicted octanol–water partition coefficient (Wildman–Crippen LogP) is 3.60. The molecule has 1 aliphatic carbocycles. The number of aromatic nitrogens is 2. The first-order valence-electron chi connectivity index (χ1n) is 6.10. The largest absolute Gasteiger partial charge is 0.466 e. The summed E-state index contributed by atoms with van der Waals surface area (Å²) in [5.74, 6) is 0.255. The second kappa shape index (κ2) is 5.44. The van der Waals surface area contributed by atoms with Crippen LogP contribution < -0.4 is 4.74 Å². The predicted molar refractivity (Wildman–Crippen MR) is 80.0 cm³/mol. The van der Waals surface area contributed by atoms with Gasteiger partial charge in [0.05, 0.1) is 16.3 Å². The molecule has 0 spiro atoms. The molecule has 0 unspecified atom stereocenters. The highest BCUT2D eigenvalue weighted by molar-refractivity contribution is 7.19. The third kappa shape index (κ3) is 2.97. The van der Waals surface area contributed by atoms with Crippen LogP contribution in [0.5, 0.6) is 5.88 Å². The normalized spacial score (nSPS) is 15.6. The first-order valence-corrected chi connectivity index (χ1v) is 7.67. The van der Waals surface area contributed by atoms with Crippen molar-refractivity contribution in [3.8, 4) is 16.6 Å². The first-order chi connectivity index (χ1) is 10.0. The van der Waals surface area contributed by atoms with Gasteiger partial charge < -0.3 is 9.47 Å². The lowest BCUT2D eigenvalue weighted by molar-refractivity contribution is -0.151. The summed E-state index contributed by atoms with van der Waals surface area (Å²) in [6.07, 6.45) is 1.20. The summed E-state index contributed by atoms with van der Waals surface area (Å²) < 4.78 is 11.0. The van der Waals surface area contributed by atoms with Crippen LogP contribution in [-0.4, -0.2) is 28.6 Å². The molecule has 0 atom stereocenters. The lowest BCUT2D eigenvalue weighted by atomic mass is 10.3. The van der Waals surface area contributed by atoms with Gasteiger partial charge in [-0.25, -0.2) is 9.78 Å². The van der Waals surface area contributed by atoms with Gasteiger partial charge in [-0.15, -0.1) is 11.3 Å². The zero-order valence-corrected chi connectivity index (χ0v) is 13.3. The second-order valence-electron chi connectivity index (χ2n) is 4.54. The second-order valence-corrected chi connectivity index (χ2v) is 6.65. The highest BCUT2D eigenvalue weighted by Gasteiger charge is 2.54. The zero-order chi connectivity index (χ0) is 15.0. The monoisotopic (exact) mass is 344 g/mol. The molecule has 0 amide bonds. The molecule has 0 radical (unpaired) electrons. The average Bonchev–Trinajstić information content (AvgIpc) is 3.10. The molecule has 0 N–H and O–H groups in total. The lowest BCUT2D eigenvalue weighted by Crippen LogP contribution is -2.31. The number of thiophene rings is 1. The maximum Gasteiger partial charge on any atom is 0.350 e. The van der Waals surface area contributed by atoms with Crippen molar-refractivity contribution in [1.29, 1.82) is 0 Å². The molecule has 5 nitrogen and oxygen atoms in total. The van der Waals surface area contributed by atoms with Gasteiger partial charge in [0.2, 0.25) is 11.5 Å². The molecule has 1 saturated carbocycles. The van der Waals surface area contributed by atoms with Gasteiger partial charge in [0, 0.05) is 18.9 Å². The van der Waals surface area contributed by atoms with Gasteiger partial charge in [-0.05, 0) is 12.1 Å². The van der Waals surface area contributed by atoms with E-state index in [1.807, 2.05) is 0 Å². The van der Waals surface area contributed by atoms with Crippen LogP contribution in [0.1, 0.15) is 12.8 Å². The molecule has 0 aliphatic heterocycles. The van der Waals surface area contributed by atoms with E-state index in [-0.39, 0.29) is 11.0 Å². The number of hydrogen-bond acceptors (Lipinski definition) is 6. The van der Waals surface area contributed by atoms with Gasteiger partial charge in [-0.3, -0.25) is 0 Å². The number of methoxy groups -OCH3 is 1. The maximum atomic E-state index is 11.7. The van der Waals surface area contributed by atoms with E-state index in [2.05, 4.69) is 9.97 Å². The molecule has 1 fully saturated rings. The van der Waals surface area contributed by atoms with Crippen LogP contribution in [0.2, 0.25) is 9.49 Å². The van der Waals surface area contributed by atoms with Crippen LogP contribution in [0, 0.1) is 0 Å². The number of esters is 1. The number of carbonyl (C=O) groups is 1. The minimum absolute atomic E-state index is 0.236. The van der Waals surface area contributed by atoms with Crippen LogP contribution in [0.25, 0.3) is 10.7 Å². The van der Waals surface area contributed by atoms with Crippen LogP contribution in [-0.2, 0) is 9.53 Å². The summed E-state index contributed by atoms with van der Waals surface area (Å²) in [6, 6.07) is 5.03. The van der Waals surface area contributed by atoms with Gasteiger partial charge in [0.25, 0.3) is 0 Å². The standard InChI is InChI=1S/C13H10Cl2N2O3S/c1-19-12(18)13(4-5-13)20-10-6-8(14)16-11(17-10)7-2-3-9(15)21-7/h2-3,6H,4-5H2,1H3. The van der Waals surface area contributed by atoms with Crippen molar-refractivity contribution in [2.45, 2.75) is 18.4 Å². The molecule has 2 aromatic rings. The molecule has 2 heterocycles. The highest BCUT2D eigenvalue weighted by Crippen LogP contribution is 2.41. The lowest BCUT2D eigenvalue weighted by Gasteiger charge is -2.15. The van der Waals surface area contributed by atoms with Crippen molar-refractivity contribution < 1.29 is 14.3 Å². The molecule has 8 heteroatoms. The van der Waals surface area contributed by atoms with Crippen LogP contribution >= 0.6 is 34.5 Å². The van der Waals surface area contributed by atoms with Crippen LogP contribution in [0.3, 0.4) is 0 Å². The van der Waals surface area contributed by atoms with E-state index in [1.165, 1.54) is 24.5 Å². The fourth-order valence-corrected chi connectivity index (χ4v) is 2.99. The van der Waals surface area contributed by atoms with Crippen molar-refractivity contribution in [1.82, 2.24) is 9.97 Å². The Morgan fingerprint density at radius 2 is 2.10 bits per heavy atom. The van der Waals surface area contributed by atoms with Crippen LogP contribution in [0.15, 0.2) is 18.2 Å². The fourth-order valence-electron chi connectivity index (χ4n) is 1.84. The molecule has 2 aromatic heterocycles. The van der Waals surface area contributed by atoms with Crippen molar-refractivity contribution >= 4 is 40.5 Å². The third-order valence-electron chi connectivity index (χ3n) is 3.03. The molecular weight excluding hydrogens is 335 g/mol. The van der Waals surface area contributed by atoms with E-state index in [4.69, 9.17) is 32.7 Å². The highest BCUT2D eigenvalue weighted by atomic mass is 35.5.